The zero-order valence-corrected chi connectivity index (χ0v) is 22.3. The summed E-state index contributed by atoms with van der Waals surface area (Å²) >= 11 is 0. The van der Waals surface area contributed by atoms with Crippen molar-refractivity contribution in [3.63, 3.8) is 0 Å². The highest BCUT2D eigenvalue weighted by atomic mass is 32.2. The van der Waals surface area contributed by atoms with Crippen LogP contribution < -0.4 is 0 Å². The fourth-order valence-corrected chi connectivity index (χ4v) is 8.06. The van der Waals surface area contributed by atoms with Crippen LogP contribution in [0, 0.1) is 29.3 Å². The molecular formula is C30H28F3NO5S. The molecule has 40 heavy (non-hydrogen) atoms. The number of carbonyl (C=O) groups is 2. The molecule has 0 radical (unpaired) electrons. The fourth-order valence-electron chi connectivity index (χ4n) is 5.98. The molecule has 210 valence electrons. The maximum atomic E-state index is 14.4. The van der Waals surface area contributed by atoms with Gasteiger partial charge < -0.3 is 10.0 Å². The first-order valence-corrected chi connectivity index (χ1v) is 14.6. The van der Waals surface area contributed by atoms with Gasteiger partial charge in [-0.1, -0.05) is 30.3 Å². The van der Waals surface area contributed by atoms with Gasteiger partial charge in [-0.15, -0.1) is 0 Å². The van der Waals surface area contributed by atoms with E-state index in [0.29, 0.717) is 31.2 Å². The maximum Gasteiger partial charge on any atom is 0.306 e. The van der Waals surface area contributed by atoms with Crippen LogP contribution in [0.2, 0.25) is 0 Å². The van der Waals surface area contributed by atoms with Gasteiger partial charge in [0, 0.05) is 19.0 Å². The van der Waals surface area contributed by atoms with E-state index in [1.165, 1.54) is 47.4 Å². The Balaban J connectivity index is 1.50. The molecule has 5 rings (SSSR count). The van der Waals surface area contributed by atoms with Crippen LogP contribution in [0.25, 0.3) is 11.1 Å². The predicted molar refractivity (Wildman–Crippen MR) is 141 cm³/mol. The van der Waals surface area contributed by atoms with E-state index in [1.54, 1.807) is 0 Å². The number of amides is 1. The molecule has 1 amide bonds. The summed E-state index contributed by atoms with van der Waals surface area (Å²) in [5.74, 6) is -4.08. The quantitative estimate of drug-likeness (QED) is 0.391. The molecular weight excluding hydrogens is 543 g/mol. The normalized spacial score (nSPS) is 23.2. The first-order valence-electron chi connectivity index (χ1n) is 13.1. The molecule has 1 saturated carbocycles. The Bertz CT molecular complexity index is 1510. The second-order valence-corrected chi connectivity index (χ2v) is 12.8. The number of hydrogen-bond donors (Lipinski definition) is 1. The number of likely N-dealkylation sites (tertiary alicyclic amines) is 1. The summed E-state index contributed by atoms with van der Waals surface area (Å²) in [5.41, 5.74) is 0.349. The zero-order valence-electron chi connectivity index (χ0n) is 21.5. The van der Waals surface area contributed by atoms with Crippen LogP contribution in [-0.2, 0) is 24.2 Å². The van der Waals surface area contributed by atoms with Crippen LogP contribution >= 0.6 is 0 Å². The molecule has 2 fully saturated rings. The van der Waals surface area contributed by atoms with Gasteiger partial charge in [0.15, 0.2) is 9.84 Å². The van der Waals surface area contributed by atoms with Crippen molar-refractivity contribution in [3.8, 4) is 11.1 Å². The molecule has 1 N–H and O–H groups in total. The van der Waals surface area contributed by atoms with E-state index in [-0.39, 0.29) is 41.4 Å². The lowest BCUT2D eigenvalue weighted by molar-refractivity contribution is -0.145. The number of sulfone groups is 1. The number of hydrogen-bond acceptors (Lipinski definition) is 4. The fraction of sp³-hybridized carbons (Fsp3) is 0.333. The monoisotopic (exact) mass is 571 g/mol. The third-order valence-electron chi connectivity index (χ3n) is 8.27. The molecule has 1 aliphatic heterocycles. The number of carboxylic acid groups (broad SMARTS) is 1. The molecule has 1 heterocycles. The molecule has 1 atom stereocenters. The molecule has 6 nitrogen and oxygen atoms in total. The minimum atomic E-state index is -4.17. The lowest BCUT2D eigenvalue weighted by Crippen LogP contribution is -2.42. The minimum absolute atomic E-state index is 0.0658. The number of rotatable bonds is 6. The van der Waals surface area contributed by atoms with Crippen LogP contribution in [0.5, 0.6) is 0 Å². The van der Waals surface area contributed by atoms with Gasteiger partial charge in [0.25, 0.3) is 0 Å². The molecule has 1 saturated heterocycles. The van der Waals surface area contributed by atoms with Crippen molar-refractivity contribution in [2.75, 3.05) is 13.1 Å². The van der Waals surface area contributed by atoms with Crippen LogP contribution in [0.3, 0.4) is 0 Å². The number of nitrogens with zero attached hydrogens (tertiary/aromatic N) is 1. The molecule has 1 aliphatic carbocycles. The third-order valence-corrected chi connectivity index (χ3v) is 10.8. The average molecular weight is 572 g/mol. The van der Waals surface area contributed by atoms with Crippen molar-refractivity contribution < 1.29 is 36.3 Å². The second-order valence-electron chi connectivity index (χ2n) is 10.5. The van der Waals surface area contributed by atoms with Crippen molar-refractivity contribution >= 4 is 21.7 Å². The van der Waals surface area contributed by atoms with E-state index in [9.17, 15) is 36.3 Å². The third kappa shape index (κ3) is 4.89. The highest BCUT2D eigenvalue weighted by molar-refractivity contribution is 7.92. The van der Waals surface area contributed by atoms with Crippen LogP contribution in [-0.4, -0.2) is 43.4 Å². The molecule has 2 aliphatic rings. The Morgan fingerprint density at radius 2 is 1.40 bits per heavy atom. The van der Waals surface area contributed by atoms with Gasteiger partial charge in [0.2, 0.25) is 5.91 Å². The van der Waals surface area contributed by atoms with Gasteiger partial charge in [0.1, 0.15) is 22.2 Å². The number of halogens is 3. The van der Waals surface area contributed by atoms with Gasteiger partial charge in [-0.3, -0.25) is 9.59 Å². The van der Waals surface area contributed by atoms with Crippen molar-refractivity contribution in [1.82, 2.24) is 4.90 Å². The zero-order chi connectivity index (χ0) is 28.7. The first kappa shape index (κ1) is 27.9. The van der Waals surface area contributed by atoms with Gasteiger partial charge in [-0.2, -0.15) is 0 Å². The van der Waals surface area contributed by atoms with Crippen molar-refractivity contribution in [2.24, 2.45) is 11.8 Å². The van der Waals surface area contributed by atoms with E-state index in [0.717, 1.165) is 24.3 Å². The number of carboxylic acids is 1. The molecule has 0 aromatic heterocycles. The van der Waals surface area contributed by atoms with Crippen LogP contribution in [0.4, 0.5) is 13.2 Å². The minimum Gasteiger partial charge on any atom is -0.481 e. The van der Waals surface area contributed by atoms with Crippen LogP contribution in [0.15, 0.2) is 71.6 Å². The molecule has 0 unspecified atom stereocenters. The van der Waals surface area contributed by atoms with E-state index in [4.69, 9.17) is 0 Å². The summed E-state index contributed by atoms with van der Waals surface area (Å²) in [4.78, 5) is 26.2. The predicted octanol–water partition coefficient (Wildman–Crippen LogP) is 5.56. The highest BCUT2D eigenvalue weighted by Gasteiger charge is 2.52. The SMILES string of the molecule is O=C(O)[C@H]1CC[C@H](C(=O)N2CC[C@](c3ccc(-c4c(F)cccc4F)cc3)(S(=O)(=O)c3ccc(F)cc3)C2)CC1. The van der Waals surface area contributed by atoms with Crippen molar-refractivity contribution in [2.45, 2.75) is 41.7 Å². The Hall–Kier alpha value is -3.66. The summed E-state index contributed by atoms with van der Waals surface area (Å²) in [5, 5.41) is 9.28. The molecule has 0 bridgehead atoms. The van der Waals surface area contributed by atoms with E-state index < -0.39 is 49.8 Å². The second kappa shape index (κ2) is 10.7. The summed E-state index contributed by atoms with van der Waals surface area (Å²) in [6.07, 6.45) is 1.65. The smallest absolute Gasteiger partial charge is 0.306 e. The standard InChI is InChI=1S/C30H28F3NO5S/c31-23-12-14-24(15-13-23)40(38,39)30(22-10-8-19(9-11-22)27-25(32)2-1-3-26(27)33)16-17-34(18-30)28(35)20-4-6-21(7-5-20)29(36)37/h1-3,8-15,20-21H,4-7,16-18H2,(H,36,37)/t20-,21-,30-/m0/s1. The highest BCUT2D eigenvalue weighted by Crippen LogP contribution is 2.45. The topological polar surface area (TPSA) is 91.8 Å². The number of aliphatic carboxylic acids is 1. The lowest BCUT2D eigenvalue weighted by Gasteiger charge is -2.32. The summed E-state index contributed by atoms with van der Waals surface area (Å²) in [6, 6.07) is 13.9. The summed E-state index contributed by atoms with van der Waals surface area (Å²) in [7, 11) is -4.17. The van der Waals surface area contributed by atoms with E-state index in [2.05, 4.69) is 0 Å². The molecule has 10 heteroatoms. The molecule has 3 aromatic carbocycles. The van der Waals surface area contributed by atoms with E-state index in [1.807, 2.05) is 0 Å². The van der Waals surface area contributed by atoms with Crippen LogP contribution in [0.1, 0.15) is 37.7 Å². The van der Waals surface area contributed by atoms with Gasteiger partial charge in [-0.05, 0) is 79.6 Å². The largest absolute Gasteiger partial charge is 0.481 e. The van der Waals surface area contributed by atoms with Gasteiger partial charge in [-0.25, -0.2) is 21.6 Å². The van der Waals surface area contributed by atoms with Gasteiger partial charge in [0.05, 0.1) is 16.4 Å². The van der Waals surface area contributed by atoms with E-state index >= 15 is 0 Å². The van der Waals surface area contributed by atoms with Crippen molar-refractivity contribution in [1.29, 1.82) is 0 Å². The maximum absolute atomic E-state index is 14.4. The first-order chi connectivity index (χ1) is 19.0. The lowest BCUT2D eigenvalue weighted by atomic mass is 9.81. The average Bonchev–Trinajstić information content (AvgIpc) is 3.41. The number of carbonyl (C=O) groups excluding carboxylic acids is 1. The Morgan fingerprint density at radius 1 is 0.825 bits per heavy atom. The Kier molecular flexibility index (Phi) is 7.48. The number of benzene rings is 3. The van der Waals surface area contributed by atoms with Gasteiger partial charge >= 0.3 is 5.97 Å². The molecule has 0 spiro atoms. The Morgan fingerprint density at radius 3 is 1.98 bits per heavy atom. The summed E-state index contributed by atoms with van der Waals surface area (Å²) in [6.45, 7) is -0.000379. The molecule has 3 aromatic rings. The summed E-state index contributed by atoms with van der Waals surface area (Å²) < 4.78 is 69.2. The Labute approximate surface area is 230 Å². The van der Waals surface area contributed by atoms with Crippen molar-refractivity contribution in [3.05, 3.63) is 89.7 Å².